The first-order valence-corrected chi connectivity index (χ1v) is 5.65. The molecule has 1 heterocycles. The van der Waals surface area contributed by atoms with Crippen LogP contribution < -0.4 is 5.32 Å². The highest BCUT2D eigenvalue weighted by atomic mass is 19.1. The number of benzene rings is 1. The minimum absolute atomic E-state index is 0.0137. The van der Waals surface area contributed by atoms with Crippen LogP contribution in [0.1, 0.15) is 11.4 Å². The summed E-state index contributed by atoms with van der Waals surface area (Å²) in [5.41, 5.74) is -0.734. The zero-order valence-electron chi connectivity index (χ0n) is 10.5. The first kappa shape index (κ1) is 14.0. The predicted octanol–water partition coefficient (Wildman–Crippen LogP) is 1.29. The molecule has 0 radical (unpaired) electrons. The second-order valence-corrected chi connectivity index (χ2v) is 4.11. The normalized spacial score (nSPS) is 10.8. The number of aromatic nitrogens is 3. The first-order chi connectivity index (χ1) is 9.49. The van der Waals surface area contributed by atoms with Crippen molar-refractivity contribution < 1.29 is 13.7 Å². The highest BCUT2D eigenvalue weighted by Crippen LogP contribution is 2.21. The Bertz CT molecular complexity index is 644. The Hall–Kier alpha value is -2.42. The fourth-order valence-corrected chi connectivity index (χ4v) is 1.63. The van der Waals surface area contributed by atoms with Crippen LogP contribution >= 0.6 is 0 Å². The number of nitrogens with one attached hydrogen (secondary N) is 1. The fourth-order valence-electron chi connectivity index (χ4n) is 1.63. The third kappa shape index (κ3) is 2.94. The summed E-state index contributed by atoms with van der Waals surface area (Å²) in [5.74, 6) is -1.40. The van der Waals surface area contributed by atoms with Gasteiger partial charge >= 0.3 is 5.69 Å². The Kier molecular flexibility index (Phi) is 3.99. The molecule has 0 saturated carbocycles. The van der Waals surface area contributed by atoms with Gasteiger partial charge < -0.3 is 9.88 Å². The smallest absolute Gasteiger partial charge is 0.305 e. The van der Waals surface area contributed by atoms with Crippen LogP contribution in [0.3, 0.4) is 0 Å². The van der Waals surface area contributed by atoms with E-state index in [1.807, 2.05) is 0 Å². The molecule has 0 unspecified atom stereocenters. The Labute approximate surface area is 112 Å². The molecule has 0 atom stereocenters. The third-order valence-electron chi connectivity index (χ3n) is 2.72. The van der Waals surface area contributed by atoms with Crippen molar-refractivity contribution in [3.63, 3.8) is 0 Å². The number of hydrogen-bond donors (Lipinski definition) is 1. The summed E-state index contributed by atoms with van der Waals surface area (Å²) in [6, 6.07) is 1.39. The quantitative estimate of drug-likeness (QED) is 0.660. The van der Waals surface area contributed by atoms with Gasteiger partial charge in [0.1, 0.15) is 18.0 Å². The van der Waals surface area contributed by atoms with E-state index in [1.54, 1.807) is 11.6 Å². The molecule has 7 nitrogen and oxygen atoms in total. The Morgan fingerprint density at radius 1 is 1.35 bits per heavy atom. The second-order valence-electron chi connectivity index (χ2n) is 4.11. The lowest BCUT2D eigenvalue weighted by molar-refractivity contribution is -0.387. The van der Waals surface area contributed by atoms with Crippen molar-refractivity contribution in [1.82, 2.24) is 20.1 Å². The summed E-state index contributed by atoms with van der Waals surface area (Å²) in [5, 5.41) is 20.9. The molecule has 106 valence electrons. The van der Waals surface area contributed by atoms with Crippen LogP contribution in [0, 0.1) is 21.7 Å². The minimum atomic E-state index is -1.19. The summed E-state index contributed by atoms with van der Waals surface area (Å²) in [7, 11) is 1.75. The number of hydrogen-bond acceptors (Lipinski definition) is 5. The minimum Gasteiger partial charge on any atom is -0.320 e. The fraction of sp³-hybridized carbons (Fsp3) is 0.273. The van der Waals surface area contributed by atoms with Crippen LogP contribution in [0.2, 0.25) is 0 Å². The van der Waals surface area contributed by atoms with Crippen LogP contribution in [-0.4, -0.2) is 19.7 Å². The summed E-state index contributed by atoms with van der Waals surface area (Å²) >= 11 is 0. The highest BCUT2D eigenvalue weighted by molar-refractivity contribution is 5.37. The van der Waals surface area contributed by atoms with Gasteiger partial charge in [0.15, 0.2) is 0 Å². The highest BCUT2D eigenvalue weighted by Gasteiger charge is 2.18. The number of nitro groups is 1. The van der Waals surface area contributed by atoms with Gasteiger partial charge in [-0.25, -0.2) is 4.39 Å². The van der Waals surface area contributed by atoms with E-state index >= 15 is 0 Å². The number of halogens is 2. The molecule has 1 aromatic heterocycles. The lowest BCUT2D eigenvalue weighted by Gasteiger charge is -2.06. The summed E-state index contributed by atoms with van der Waals surface area (Å²) in [6.45, 7) is 0.320. The molecule has 0 aliphatic carbocycles. The summed E-state index contributed by atoms with van der Waals surface area (Å²) < 4.78 is 28.3. The lowest BCUT2D eigenvalue weighted by atomic mass is 10.2. The van der Waals surface area contributed by atoms with E-state index in [9.17, 15) is 18.9 Å². The topological polar surface area (TPSA) is 85.9 Å². The monoisotopic (exact) mass is 283 g/mol. The van der Waals surface area contributed by atoms with E-state index in [0.717, 1.165) is 6.07 Å². The standard InChI is InChI=1S/C11H11F2N5O2/c1-17-6-15-16-11(17)5-14-4-7-2-10(18(19)20)9(13)3-8(7)12/h2-3,6,14H,4-5H2,1H3. The van der Waals surface area contributed by atoms with E-state index in [-0.39, 0.29) is 12.1 Å². The molecule has 9 heteroatoms. The third-order valence-corrected chi connectivity index (χ3v) is 2.72. The van der Waals surface area contributed by atoms with Gasteiger partial charge in [-0.1, -0.05) is 0 Å². The molecule has 20 heavy (non-hydrogen) atoms. The van der Waals surface area contributed by atoms with Crippen LogP contribution in [0.5, 0.6) is 0 Å². The van der Waals surface area contributed by atoms with E-state index in [0.29, 0.717) is 18.4 Å². The van der Waals surface area contributed by atoms with Crippen molar-refractivity contribution in [3.8, 4) is 0 Å². The number of nitro benzene ring substituents is 1. The Balaban J connectivity index is 2.08. The van der Waals surface area contributed by atoms with Crippen LogP contribution in [0.25, 0.3) is 0 Å². The maximum atomic E-state index is 13.5. The number of rotatable bonds is 5. The molecule has 0 aliphatic rings. The zero-order chi connectivity index (χ0) is 14.7. The van der Waals surface area contributed by atoms with Gasteiger partial charge in [-0.15, -0.1) is 10.2 Å². The van der Waals surface area contributed by atoms with Crippen molar-refractivity contribution in [1.29, 1.82) is 0 Å². The average Bonchev–Trinajstić information content (AvgIpc) is 2.77. The Morgan fingerprint density at radius 3 is 2.70 bits per heavy atom. The molecule has 0 aliphatic heterocycles. The average molecular weight is 283 g/mol. The SMILES string of the molecule is Cn1cnnc1CNCc1cc([N+](=O)[O-])c(F)cc1F. The number of aryl methyl sites for hydroxylation is 1. The van der Waals surface area contributed by atoms with Crippen molar-refractivity contribution in [2.24, 2.45) is 7.05 Å². The molecule has 1 N–H and O–H groups in total. The van der Waals surface area contributed by atoms with Crippen molar-refractivity contribution in [2.75, 3.05) is 0 Å². The van der Waals surface area contributed by atoms with Crippen LogP contribution in [0.4, 0.5) is 14.5 Å². The van der Waals surface area contributed by atoms with E-state index < -0.39 is 22.2 Å². The summed E-state index contributed by atoms with van der Waals surface area (Å²) in [4.78, 5) is 9.70. The largest absolute Gasteiger partial charge is 0.320 e. The van der Waals surface area contributed by atoms with Gasteiger partial charge in [0, 0.05) is 31.3 Å². The maximum absolute atomic E-state index is 13.5. The van der Waals surface area contributed by atoms with Gasteiger partial charge in [0.2, 0.25) is 5.82 Å². The second kappa shape index (κ2) is 5.70. The van der Waals surface area contributed by atoms with Gasteiger partial charge in [0.25, 0.3) is 0 Å². The zero-order valence-corrected chi connectivity index (χ0v) is 10.5. The molecule has 0 saturated heterocycles. The van der Waals surface area contributed by atoms with E-state index in [1.165, 1.54) is 6.33 Å². The molecular weight excluding hydrogens is 272 g/mol. The molecule has 0 bridgehead atoms. The molecule has 1 aromatic carbocycles. The number of nitrogens with zero attached hydrogens (tertiary/aromatic N) is 4. The van der Waals surface area contributed by atoms with Gasteiger partial charge in [-0.3, -0.25) is 10.1 Å². The van der Waals surface area contributed by atoms with Crippen LogP contribution in [0.15, 0.2) is 18.5 Å². The molecule has 0 spiro atoms. The predicted molar refractivity (Wildman–Crippen MR) is 64.6 cm³/mol. The van der Waals surface area contributed by atoms with Crippen molar-refractivity contribution >= 4 is 5.69 Å². The van der Waals surface area contributed by atoms with Gasteiger partial charge in [-0.05, 0) is 0 Å². The molecule has 0 fully saturated rings. The van der Waals surface area contributed by atoms with Gasteiger partial charge in [-0.2, -0.15) is 4.39 Å². The van der Waals surface area contributed by atoms with Gasteiger partial charge in [0.05, 0.1) is 11.5 Å². The molecule has 2 rings (SSSR count). The molecular formula is C11H11F2N5O2. The van der Waals surface area contributed by atoms with E-state index in [2.05, 4.69) is 15.5 Å². The summed E-state index contributed by atoms with van der Waals surface area (Å²) in [6.07, 6.45) is 1.51. The lowest BCUT2D eigenvalue weighted by Crippen LogP contribution is -2.17. The first-order valence-electron chi connectivity index (χ1n) is 5.65. The maximum Gasteiger partial charge on any atom is 0.305 e. The van der Waals surface area contributed by atoms with Crippen molar-refractivity contribution in [2.45, 2.75) is 13.1 Å². The van der Waals surface area contributed by atoms with Crippen molar-refractivity contribution in [3.05, 3.63) is 51.6 Å². The molecule has 2 aromatic rings. The van der Waals surface area contributed by atoms with Crippen LogP contribution in [-0.2, 0) is 20.1 Å². The molecule has 0 amide bonds. The Morgan fingerprint density at radius 2 is 2.10 bits per heavy atom. The van der Waals surface area contributed by atoms with E-state index in [4.69, 9.17) is 0 Å².